The van der Waals surface area contributed by atoms with Crippen LogP contribution in [-0.4, -0.2) is 30.1 Å². The summed E-state index contributed by atoms with van der Waals surface area (Å²) in [5, 5.41) is 11.9. The van der Waals surface area contributed by atoms with E-state index in [2.05, 4.69) is 0 Å². The van der Waals surface area contributed by atoms with Crippen molar-refractivity contribution in [3.63, 3.8) is 0 Å². The standard InChI is InChI=1S/C32H23N3O5/c1-40-26-17-9-6-14-23(26)33-18-32-21-12-4-2-10-19(21)27(20-11-3-5-13-22(20)32)28-29(32)31(37)34(30(28)36)24-15-7-8-16-25(24)35(38)39/h2-18,27-29H,1H3. The van der Waals surface area contributed by atoms with Gasteiger partial charge in [-0.2, -0.15) is 0 Å². The topological polar surface area (TPSA) is 102 Å². The lowest BCUT2D eigenvalue weighted by Gasteiger charge is -2.52. The van der Waals surface area contributed by atoms with Gasteiger partial charge in [0, 0.05) is 18.2 Å². The molecule has 0 spiro atoms. The lowest BCUT2D eigenvalue weighted by atomic mass is 9.47. The molecule has 8 heteroatoms. The molecule has 1 heterocycles. The number of nitro benzene ring substituents is 1. The van der Waals surface area contributed by atoms with E-state index in [0.717, 1.165) is 27.2 Å². The molecule has 1 aliphatic heterocycles. The number of anilines is 1. The highest BCUT2D eigenvalue weighted by molar-refractivity contribution is 6.25. The van der Waals surface area contributed by atoms with Crippen LogP contribution >= 0.6 is 0 Å². The molecule has 4 aliphatic rings. The SMILES string of the molecule is COc1ccccc1N=CC12c3ccccc3C(c3ccccc31)C1C(=O)N(c3ccccc3[N+](=O)[O-])C(=O)C12. The van der Waals surface area contributed by atoms with Crippen LogP contribution in [0.4, 0.5) is 17.1 Å². The molecule has 40 heavy (non-hydrogen) atoms. The number of carbonyl (C=O) groups is 2. The van der Waals surface area contributed by atoms with Crippen molar-refractivity contribution in [2.24, 2.45) is 16.8 Å². The third kappa shape index (κ3) is 3.04. The molecule has 1 saturated heterocycles. The van der Waals surface area contributed by atoms with Crippen molar-refractivity contribution in [3.05, 3.63) is 129 Å². The molecule has 0 saturated carbocycles. The molecule has 196 valence electrons. The number of nitro groups is 1. The Morgan fingerprint density at radius 3 is 2.12 bits per heavy atom. The second kappa shape index (κ2) is 8.71. The van der Waals surface area contributed by atoms with E-state index < -0.39 is 34.0 Å². The monoisotopic (exact) mass is 529 g/mol. The summed E-state index contributed by atoms with van der Waals surface area (Å²) in [5.74, 6) is -2.29. The first-order chi connectivity index (χ1) is 19.5. The Morgan fingerprint density at radius 1 is 0.850 bits per heavy atom. The Balaban J connectivity index is 1.51. The van der Waals surface area contributed by atoms with Crippen molar-refractivity contribution < 1.29 is 19.2 Å². The number of benzene rings is 4. The predicted molar refractivity (Wildman–Crippen MR) is 149 cm³/mol. The highest BCUT2D eigenvalue weighted by atomic mass is 16.6. The van der Waals surface area contributed by atoms with Gasteiger partial charge in [0.2, 0.25) is 11.8 Å². The number of hydrogen-bond acceptors (Lipinski definition) is 6. The average Bonchev–Trinajstić information content (AvgIpc) is 3.26. The summed E-state index contributed by atoms with van der Waals surface area (Å²) in [4.78, 5) is 46.0. The van der Waals surface area contributed by atoms with E-state index in [4.69, 9.17) is 9.73 Å². The van der Waals surface area contributed by atoms with Gasteiger partial charge >= 0.3 is 0 Å². The molecule has 0 N–H and O–H groups in total. The quantitative estimate of drug-likeness (QED) is 0.146. The molecular formula is C32H23N3O5. The minimum Gasteiger partial charge on any atom is -0.494 e. The third-order valence-electron chi connectivity index (χ3n) is 8.50. The fraction of sp³-hybridized carbons (Fsp3) is 0.156. The van der Waals surface area contributed by atoms with Crippen molar-refractivity contribution in [2.45, 2.75) is 11.3 Å². The molecule has 8 rings (SSSR count). The van der Waals surface area contributed by atoms with Crippen LogP contribution in [0.5, 0.6) is 5.75 Å². The van der Waals surface area contributed by atoms with E-state index in [1.165, 1.54) is 18.2 Å². The summed E-state index contributed by atoms with van der Waals surface area (Å²) < 4.78 is 5.53. The molecule has 4 aromatic carbocycles. The lowest BCUT2D eigenvalue weighted by Crippen LogP contribution is -2.54. The first-order valence-electron chi connectivity index (χ1n) is 13.0. The van der Waals surface area contributed by atoms with E-state index in [0.29, 0.717) is 11.4 Å². The van der Waals surface area contributed by atoms with Crippen molar-refractivity contribution in [2.75, 3.05) is 12.0 Å². The van der Waals surface area contributed by atoms with Crippen LogP contribution in [0.2, 0.25) is 0 Å². The van der Waals surface area contributed by atoms with Crippen LogP contribution in [0, 0.1) is 22.0 Å². The maximum atomic E-state index is 14.5. The number of carbonyl (C=O) groups excluding carboxylic acids is 2. The number of amides is 2. The van der Waals surface area contributed by atoms with Gasteiger partial charge in [0.05, 0.1) is 29.3 Å². The molecular weight excluding hydrogens is 506 g/mol. The van der Waals surface area contributed by atoms with Gasteiger partial charge in [-0.3, -0.25) is 24.7 Å². The van der Waals surface area contributed by atoms with Crippen LogP contribution in [0.25, 0.3) is 0 Å². The predicted octanol–water partition coefficient (Wildman–Crippen LogP) is 5.56. The molecule has 2 unspecified atom stereocenters. The number of nitrogens with zero attached hydrogens (tertiary/aromatic N) is 3. The zero-order chi connectivity index (χ0) is 27.6. The molecule has 2 bridgehead atoms. The van der Waals surface area contributed by atoms with Crippen LogP contribution in [-0.2, 0) is 15.0 Å². The smallest absolute Gasteiger partial charge is 0.293 e. The summed E-state index contributed by atoms with van der Waals surface area (Å²) in [7, 11) is 1.57. The minimum absolute atomic E-state index is 0.0128. The third-order valence-corrected chi connectivity index (χ3v) is 8.50. The van der Waals surface area contributed by atoms with Gasteiger partial charge < -0.3 is 4.74 Å². The first kappa shape index (κ1) is 24.0. The van der Waals surface area contributed by atoms with Gasteiger partial charge in [0.1, 0.15) is 17.1 Å². The van der Waals surface area contributed by atoms with Gasteiger partial charge in [-0.1, -0.05) is 72.8 Å². The van der Waals surface area contributed by atoms with E-state index in [9.17, 15) is 19.7 Å². The zero-order valence-corrected chi connectivity index (χ0v) is 21.4. The van der Waals surface area contributed by atoms with Crippen molar-refractivity contribution >= 4 is 35.1 Å². The number of imide groups is 1. The molecule has 2 atom stereocenters. The second-order valence-electron chi connectivity index (χ2n) is 10.2. The van der Waals surface area contributed by atoms with Crippen molar-refractivity contribution in [1.82, 2.24) is 0 Å². The minimum atomic E-state index is -1.08. The van der Waals surface area contributed by atoms with Gasteiger partial charge in [0.25, 0.3) is 5.69 Å². The van der Waals surface area contributed by atoms with E-state index in [1.54, 1.807) is 19.4 Å². The van der Waals surface area contributed by atoms with Crippen LogP contribution in [0.3, 0.4) is 0 Å². The number of aliphatic imine (C=N–C) groups is 1. The highest BCUT2D eigenvalue weighted by Gasteiger charge is 2.68. The molecule has 0 aromatic heterocycles. The maximum absolute atomic E-state index is 14.5. The van der Waals surface area contributed by atoms with Gasteiger partial charge in [-0.25, -0.2) is 4.90 Å². The number of methoxy groups -OCH3 is 1. The van der Waals surface area contributed by atoms with Crippen LogP contribution in [0.15, 0.2) is 102 Å². The Bertz CT molecular complexity index is 1720. The largest absolute Gasteiger partial charge is 0.494 e. The average molecular weight is 530 g/mol. The number of para-hydroxylation sites is 4. The molecule has 2 amide bonds. The van der Waals surface area contributed by atoms with Crippen molar-refractivity contribution in [1.29, 1.82) is 0 Å². The molecule has 3 aliphatic carbocycles. The van der Waals surface area contributed by atoms with Crippen LogP contribution in [0.1, 0.15) is 28.2 Å². The highest BCUT2D eigenvalue weighted by Crippen LogP contribution is 2.64. The molecule has 8 nitrogen and oxygen atoms in total. The summed E-state index contributed by atoms with van der Waals surface area (Å²) in [6, 6.07) is 29.0. The van der Waals surface area contributed by atoms with Crippen molar-refractivity contribution in [3.8, 4) is 5.75 Å². The zero-order valence-electron chi connectivity index (χ0n) is 21.4. The maximum Gasteiger partial charge on any atom is 0.293 e. The molecule has 0 radical (unpaired) electrons. The number of rotatable bonds is 5. The summed E-state index contributed by atoms with van der Waals surface area (Å²) in [6.07, 6.45) is 1.78. The van der Waals surface area contributed by atoms with E-state index in [1.807, 2.05) is 72.8 Å². The first-order valence-corrected chi connectivity index (χ1v) is 13.0. The number of ether oxygens (including phenoxy) is 1. The molecule has 1 fully saturated rings. The normalized spacial score (nSPS) is 24.1. The summed E-state index contributed by atoms with van der Waals surface area (Å²) >= 11 is 0. The van der Waals surface area contributed by atoms with Gasteiger partial charge in [-0.15, -0.1) is 0 Å². The van der Waals surface area contributed by atoms with Gasteiger partial charge in [-0.05, 0) is 40.5 Å². The Hall–Kier alpha value is -5.11. The van der Waals surface area contributed by atoms with Crippen LogP contribution < -0.4 is 9.64 Å². The second-order valence-corrected chi connectivity index (χ2v) is 10.2. The fourth-order valence-electron chi connectivity index (χ4n) is 7.00. The Morgan fingerprint density at radius 2 is 1.45 bits per heavy atom. The Kier molecular flexibility index (Phi) is 5.22. The summed E-state index contributed by atoms with van der Waals surface area (Å²) in [6.45, 7) is 0. The summed E-state index contributed by atoms with van der Waals surface area (Å²) in [5.41, 5.74) is 2.93. The fourth-order valence-corrected chi connectivity index (χ4v) is 7.00. The van der Waals surface area contributed by atoms with E-state index in [-0.39, 0.29) is 17.3 Å². The molecule has 4 aromatic rings. The Labute approximate surface area is 229 Å². The van der Waals surface area contributed by atoms with E-state index >= 15 is 0 Å². The van der Waals surface area contributed by atoms with Gasteiger partial charge in [0.15, 0.2) is 0 Å². The lowest BCUT2D eigenvalue weighted by molar-refractivity contribution is -0.384. The number of hydrogen-bond donors (Lipinski definition) is 0.